The third-order valence-corrected chi connectivity index (χ3v) is 4.50. The highest BCUT2D eigenvalue weighted by Gasteiger charge is 2.16. The fraction of sp³-hybridized carbons (Fsp3) is 0.176. The van der Waals surface area contributed by atoms with Gasteiger partial charge in [-0.1, -0.05) is 17.8 Å². The molecule has 1 amide bonds. The van der Waals surface area contributed by atoms with Crippen LogP contribution in [0.3, 0.4) is 0 Å². The van der Waals surface area contributed by atoms with E-state index < -0.39 is 23.2 Å². The minimum absolute atomic E-state index is 0.0533. The molecule has 1 aromatic carbocycles. The molecule has 0 unspecified atom stereocenters. The van der Waals surface area contributed by atoms with Gasteiger partial charge in [-0.25, -0.2) is 8.78 Å². The van der Waals surface area contributed by atoms with Crippen molar-refractivity contribution in [2.75, 3.05) is 11.1 Å². The standard InChI is InChI=1S/C17H15F2N5OS/c1-2-24-16(11-6-8-20-9-7-11)22-23-17(24)26-10-14(25)21-15-12(18)4-3-5-13(15)19/h3-9H,2,10H2,1H3,(H,21,25). The van der Waals surface area contributed by atoms with Crippen LogP contribution in [0.5, 0.6) is 0 Å². The van der Waals surface area contributed by atoms with E-state index in [1.54, 1.807) is 12.4 Å². The molecule has 6 nitrogen and oxygen atoms in total. The van der Waals surface area contributed by atoms with Crippen molar-refractivity contribution in [3.8, 4) is 11.4 Å². The minimum atomic E-state index is -0.819. The molecule has 2 heterocycles. The summed E-state index contributed by atoms with van der Waals surface area (Å²) in [7, 11) is 0. The molecule has 26 heavy (non-hydrogen) atoms. The van der Waals surface area contributed by atoms with Crippen molar-refractivity contribution in [1.82, 2.24) is 19.7 Å². The number of rotatable bonds is 6. The fourth-order valence-corrected chi connectivity index (χ4v) is 3.12. The van der Waals surface area contributed by atoms with Crippen molar-refractivity contribution in [2.45, 2.75) is 18.6 Å². The summed E-state index contributed by atoms with van der Waals surface area (Å²) in [5, 5.41) is 11.1. The number of nitrogens with zero attached hydrogens (tertiary/aromatic N) is 4. The van der Waals surface area contributed by atoms with Gasteiger partial charge in [-0.05, 0) is 31.2 Å². The zero-order valence-electron chi connectivity index (χ0n) is 13.8. The lowest BCUT2D eigenvalue weighted by Crippen LogP contribution is -2.16. The summed E-state index contributed by atoms with van der Waals surface area (Å²) >= 11 is 1.14. The maximum absolute atomic E-state index is 13.6. The van der Waals surface area contributed by atoms with Crippen molar-refractivity contribution >= 4 is 23.4 Å². The van der Waals surface area contributed by atoms with Crippen LogP contribution in [0, 0.1) is 11.6 Å². The Morgan fingerprint density at radius 1 is 1.15 bits per heavy atom. The molecule has 134 valence electrons. The number of benzene rings is 1. The van der Waals surface area contributed by atoms with Crippen molar-refractivity contribution in [2.24, 2.45) is 0 Å². The maximum Gasteiger partial charge on any atom is 0.235 e. The second-order valence-electron chi connectivity index (χ2n) is 5.22. The molecule has 0 spiro atoms. The lowest BCUT2D eigenvalue weighted by atomic mass is 10.2. The Labute approximate surface area is 152 Å². The Morgan fingerprint density at radius 2 is 1.85 bits per heavy atom. The summed E-state index contributed by atoms with van der Waals surface area (Å²) < 4.78 is 29.0. The summed E-state index contributed by atoms with van der Waals surface area (Å²) in [6.45, 7) is 2.55. The average molecular weight is 375 g/mol. The first-order valence-corrected chi connectivity index (χ1v) is 8.79. The number of pyridine rings is 1. The molecule has 0 atom stereocenters. The number of carbonyl (C=O) groups excluding carboxylic acids is 1. The number of carbonyl (C=O) groups is 1. The van der Waals surface area contributed by atoms with E-state index in [2.05, 4.69) is 20.5 Å². The van der Waals surface area contributed by atoms with Crippen molar-refractivity contribution in [3.05, 3.63) is 54.4 Å². The molecule has 0 saturated heterocycles. The van der Waals surface area contributed by atoms with Gasteiger partial charge in [0.1, 0.15) is 17.3 Å². The molecule has 2 aromatic heterocycles. The fourth-order valence-electron chi connectivity index (χ4n) is 2.32. The van der Waals surface area contributed by atoms with Gasteiger partial charge in [0.25, 0.3) is 0 Å². The van der Waals surface area contributed by atoms with Crippen LogP contribution in [-0.2, 0) is 11.3 Å². The van der Waals surface area contributed by atoms with E-state index in [9.17, 15) is 13.6 Å². The largest absolute Gasteiger partial charge is 0.320 e. The molecule has 1 N–H and O–H groups in total. The van der Waals surface area contributed by atoms with Crippen LogP contribution in [0.1, 0.15) is 6.92 Å². The van der Waals surface area contributed by atoms with Crippen LogP contribution in [-0.4, -0.2) is 31.4 Å². The summed E-state index contributed by atoms with van der Waals surface area (Å²) in [5.74, 6) is -1.56. The lowest BCUT2D eigenvalue weighted by molar-refractivity contribution is -0.113. The highest BCUT2D eigenvalue weighted by Crippen LogP contribution is 2.24. The summed E-state index contributed by atoms with van der Waals surface area (Å²) in [6.07, 6.45) is 3.32. The lowest BCUT2D eigenvalue weighted by Gasteiger charge is -2.08. The van der Waals surface area contributed by atoms with Gasteiger partial charge in [-0.2, -0.15) is 0 Å². The van der Waals surface area contributed by atoms with Crippen molar-refractivity contribution in [1.29, 1.82) is 0 Å². The number of hydrogen-bond donors (Lipinski definition) is 1. The summed E-state index contributed by atoms with van der Waals surface area (Å²) in [5.41, 5.74) is 0.409. The first kappa shape index (κ1) is 18.0. The molecule has 0 aliphatic heterocycles. The number of halogens is 2. The number of thioether (sulfide) groups is 1. The molecular formula is C17H15F2N5OS. The molecule has 3 rings (SSSR count). The number of hydrogen-bond acceptors (Lipinski definition) is 5. The number of aromatic nitrogens is 4. The van der Waals surface area contributed by atoms with Crippen molar-refractivity contribution < 1.29 is 13.6 Å². The zero-order valence-corrected chi connectivity index (χ0v) is 14.6. The van der Waals surface area contributed by atoms with E-state index in [-0.39, 0.29) is 5.75 Å². The first-order chi connectivity index (χ1) is 12.6. The second kappa shape index (κ2) is 8.05. The Hall–Kier alpha value is -2.81. The smallest absolute Gasteiger partial charge is 0.235 e. The van der Waals surface area contributed by atoms with Gasteiger partial charge in [-0.3, -0.25) is 9.78 Å². The van der Waals surface area contributed by atoms with Gasteiger partial charge >= 0.3 is 0 Å². The van der Waals surface area contributed by atoms with Gasteiger partial charge in [0, 0.05) is 24.5 Å². The van der Waals surface area contributed by atoms with E-state index in [0.29, 0.717) is 17.5 Å². The Morgan fingerprint density at radius 3 is 2.50 bits per heavy atom. The van der Waals surface area contributed by atoms with E-state index >= 15 is 0 Å². The quantitative estimate of drug-likeness (QED) is 0.669. The van der Waals surface area contributed by atoms with Gasteiger partial charge in [0.2, 0.25) is 5.91 Å². The molecule has 0 radical (unpaired) electrons. The van der Waals surface area contributed by atoms with Crippen LogP contribution in [0.25, 0.3) is 11.4 Å². The highest BCUT2D eigenvalue weighted by atomic mass is 32.2. The molecule has 0 aliphatic carbocycles. The average Bonchev–Trinajstić information content (AvgIpc) is 3.07. The number of para-hydroxylation sites is 1. The number of anilines is 1. The topological polar surface area (TPSA) is 72.7 Å². The predicted octanol–water partition coefficient (Wildman–Crippen LogP) is 3.37. The molecule has 0 fully saturated rings. The van der Waals surface area contributed by atoms with E-state index in [0.717, 1.165) is 29.5 Å². The molecule has 0 bridgehead atoms. The van der Waals surface area contributed by atoms with E-state index in [1.807, 2.05) is 23.6 Å². The normalized spacial score (nSPS) is 10.7. The molecule has 0 saturated carbocycles. The SMILES string of the molecule is CCn1c(SCC(=O)Nc2c(F)cccc2F)nnc1-c1ccncc1. The van der Waals surface area contributed by atoms with Crippen LogP contribution < -0.4 is 5.32 Å². The molecule has 9 heteroatoms. The highest BCUT2D eigenvalue weighted by molar-refractivity contribution is 7.99. The second-order valence-corrected chi connectivity index (χ2v) is 6.16. The van der Waals surface area contributed by atoms with Gasteiger partial charge in [0.15, 0.2) is 11.0 Å². The Bertz CT molecular complexity index is 897. The van der Waals surface area contributed by atoms with Crippen molar-refractivity contribution in [3.63, 3.8) is 0 Å². The van der Waals surface area contributed by atoms with E-state index in [1.165, 1.54) is 6.07 Å². The minimum Gasteiger partial charge on any atom is -0.320 e. The zero-order chi connectivity index (χ0) is 18.5. The number of amides is 1. The van der Waals surface area contributed by atoms with Crippen LogP contribution in [0.15, 0.2) is 47.9 Å². The Kier molecular flexibility index (Phi) is 5.57. The molecular weight excluding hydrogens is 360 g/mol. The Balaban J connectivity index is 1.70. The molecule has 0 aliphatic rings. The maximum atomic E-state index is 13.6. The number of nitrogens with one attached hydrogen (secondary N) is 1. The predicted molar refractivity (Wildman–Crippen MR) is 94.6 cm³/mol. The van der Waals surface area contributed by atoms with Crippen LogP contribution in [0.2, 0.25) is 0 Å². The monoisotopic (exact) mass is 375 g/mol. The molecule has 3 aromatic rings. The van der Waals surface area contributed by atoms with Gasteiger partial charge < -0.3 is 9.88 Å². The van der Waals surface area contributed by atoms with Gasteiger partial charge in [0.05, 0.1) is 5.75 Å². The van der Waals surface area contributed by atoms with Crippen LogP contribution in [0.4, 0.5) is 14.5 Å². The van der Waals surface area contributed by atoms with Crippen LogP contribution >= 0.6 is 11.8 Å². The summed E-state index contributed by atoms with van der Waals surface area (Å²) in [4.78, 5) is 16.0. The third kappa shape index (κ3) is 3.88. The van der Waals surface area contributed by atoms with Gasteiger partial charge in [-0.15, -0.1) is 10.2 Å². The summed E-state index contributed by atoms with van der Waals surface area (Å²) in [6, 6.07) is 7.04. The third-order valence-electron chi connectivity index (χ3n) is 3.53. The first-order valence-electron chi connectivity index (χ1n) is 7.80. The van der Waals surface area contributed by atoms with E-state index in [4.69, 9.17) is 0 Å².